The quantitative estimate of drug-likeness (QED) is 0.548. The maximum absolute atomic E-state index is 13.7. The van der Waals surface area contributed by atoms with E-state index in [0.29, 0.717) is 28.0 Å². The summed E-state index contributed by atoms with van der Waals surface area (Å²) in [6, 6.07) is 12.2. The molecule has 6 nitrogen and oxygen atoms in total. The molecule has 29 heavy (non-hydrogen) atoms. The molecule has 0 saturated carbocycles. The third-order valence-corrected chi connectivity index (χ3v) is 5.38. The Morgan fingerprint density at radius 3 is 2.86 bits per heavy atom. The molecule has 2 aromatic heterocycles. The third-order valence-electron chi connectivity index (χ3n) is 4.47. The highest BCUT2D eigenvalue weighted by Gasteiger charge is 2.11. The molecule has 146 valence electrons. The van der Waals surface area contributed by atoms with Gasteiger partial charge in [0.05, 0.1) is 11.7 Å². The van der Waals surface area contributed by atoms with Gasteiger partial charge in [-0.15, -0.1) is 11.3 Å². The Morgan fingerprint density at radius 1 is 1.21 bits per heavy atom. The summed E-state index contributed by atoms with van der Waals surface area (Å²) in [6.07, 6.45) is 3.42. The van der Waals surface area contributed by atoms with Crippen molar-refractivity contribution in [3.05, 3.63) is 86.9 Å². The van der Waals surface area contributed by atoms with Gasteiger partial charge in [-0.3, -0.25) is 14.3 Å². The van der Waals surface area contributed by atoms with E-state index in [4.69, 9.17) is 0 Å². The highest BCUT2D eigenvalue weighted by molar-refractivity contribution is 7.15. The van der Waals surface area contributed by atoms with Crippen LogP contribution in [0.4, 0.5) is 9.52 Å². The Morgan fingerprint density at radius 2 is 2.03 bits per heavy atom. The van der Waals surface area contributed by atoms with E-state index in [1.54, 1.807) is 43.5 Å². The molecule has 0 aliphatic carbocycles. The maximum atomic E-state index is 13.7. The summed E-state index contributed by atoms with van der Waals surface area (Å²) < 4.78 is 15.2. The maximum Gasteiger partial charge on any atom is 0.247 e. The highest BCUT2D eigenvalue weighted by atomic mass is 32.1. The smallest absolute Gasteiger partial charge is 0.247 e. The number of hydrogen-bond acceptors (Lipinski definition) is 5. The second-order valence-electron chi connectivity index (χ2n) is 6.62. The zero-order valence-corrected chi connectivity index (χ0v) is 16.4. The van der Waals surface area contributed by atoms with Gasteiger partial charge in [0.25, 0.3) is 0 Å². The lowest BCUT2D eigenvalue weighted by molar-refractivity contribution is -0.116. The fraction of sp³-hybridized carbons (Fsp3) is 0.143. The predicted molar refractivity (Wildman–Crippen MR) is 111 cm³/mol. The molecule has 0 spiro atoms. The van der Waals surface area contributed by atoms with Crippen molar-refractivity contribution in [2.45, 2.75) is 19.9 Å². The highest BCUT2D eigenvalue weighted by Crippen LogP contribution is 2.22. The number of nitrogens with zero attached hydrogens (tertiary/aromatic N) is 3. The zero-order chi connectivity index (χ0) is 20.4. The van der Waals surface area contributed by atoms with Crippen LogP contribution >= 0.6 is 11.3 Å². The second kappa shape index (κ2) is 7.92. The standard InChI is InChI=1S/C21H17FN4O2S/c1-13-6-7-14(9-17(13)22)8-15-10-23-21(29-15)25-20(28)12-26-18-5-3-2-4-16(18)19(27)11-24-26/h2-7,9-11H,8,12H2,1H3,(H,23,25,28). The van der Waals surface area contributed by atoms with Crippen LogP contribution in [0.3, 0.4) is 0 Å². The van der Waals surface area contributed by atoms with E-state index in [9.17, 15) is 14.0 Å². The summed E-state index contributed by atoms with van der Waals surface area (Å²) in [4.78, 5) is 29.5. The van der Waals surface area contributed by atoms with Crippen molar-refractivity contribution < 1.29 is 9.18 Å². The van der Waals surface area contributed by atoms with E-state index < -0.39 is 0 Å². The van der Waals surface area contributed by atoms with Crippen LogP contribution in [-0.2, 0) is 17.8 Å². The van der Waals surface area contributed by atoms with Crippen molar-refractivity contribution in [1.29, 1.82) is 0 Å². The average molecular weight is 408 g/mol. The number of halogens is 1. The zero-order valence-electron chi connectivity index (χ0n) is 15.6. The predicted octanol–water partition coefficient (Wildman–Crippen LogP) is 3.53. The van der Waals surface area contributed by atoms with Gasteiger partial charge in [0.1, 0.15) is 12.4 Å². The van der Waals surface area contributed by atoms with Crippen molar-refractivity contribution in [1.82, 2.24) is 14.8 Å². The molecule has 0 unspecified atom stereocenters. The molecule has 8 heteroatoms. The molecule has 0 bridgehead atoms. The lowest BCUT2D eigenvalue weighted by Gasteiger charge is -2.08. The number of amides is 1. The molecule has 2 heterocycles. The van der Waals surface area contributed by atoms with Crippen molar-refractivity contribution in [3.8, 4) is 0 Å². The molecule has 2 aromatic carbocycles. The van der Waals surface area contributed by atoms with E-state index >= 15 is 0 Å². The van der Waals surface area contributed by atoms with E-state index in [1.165, 1.54) is 28.3 Å². The molecule has 0 aliphatic rings. The Bertz CT molecular complexity index is 1270. The molecule has 1 N–H and O–H groups in total. The third kappa shape index (κ3) is 4.22. The van der Waals surface area contributed by atoms with E-state index in [0.717, 1.165) is 10.4 Å². The number of fused-ring (bicyclic) bond motifs is 1. The first-order valence-electron chi connectivity index (χ1n) is 8.94. The monoisotopic (exact) mass is 408 g/mol. The topological polar surface area (TPSA) is 76.9 Å². The fourth-order valence-electron chi connectivity index (χ4n) is 2.98. The number of aryl methyl sites for hydroxylation is 1. The van der Waals surface area contributed by atoms with Gasteiger partial charge in [0, 0.05) is 22.9 Å². The fourth-order valence-corrected chi connectivity index (χ4v) is 3.84. The van der Waals surface area contributed by atoms with Gasteiger partial charge in [0.15, 0.2) is 5.13 Å². The summed E-state index contributed by atoms with van der Waals surface area (Å²) in [7, 11) is 0. The number of anilines is 1. The van der Waals surface area contributed by atoms with Crippen LogP contribution in [0.1, 0.15) is 16.0 Å². The Balaban J connectivity index is 1.45. The second-order valence-corrected chi connectivity index (χ2v) is 7.74. The first kappa shape index (κ1) is 18.9. The Labute approximate surface area is 169 Å². The minimum absolute atomic E-state index is 0.0428. The van der Waals surface area contributed by atoms with Gasteiger partial charge >= 0.3 is 0 Å². The normalized spacial score (nSPS) is 11.0. The van der Waals surface area contributed by atoms with Crippen LogP contribution in [-0.4, -0.2) is 20.7 Å². The molecule has 0 atom stereocenters. The Hall–Kier alpha value is -3.39. The van der Waals surface area contributed by atoms with Crippen LogP contribution in [0.25, 0.3) is 10.9 Å². The molecule has 0 radical (unpaired) electrons. The number of para-hydroxylation sites is 1. The number of carbonyl (C=O) groups is 1. The molecule has 1 amide bonds. The van der Waals surface area contributed by atoms with Gasteiger partial charge in [-0.2, -0.15) is 5.10 Å². The minimum Gasteiger partial charge on any atom is -0.300 e. The molecule has 0 aliphatic heterocycles. The summed E-state index contributed by atoms with van der Waals surface area (Å²) in [6.45, 7) is 1.68. The van der Waals surface area contributed by atoms with Crippen molar-refractivity contribution >= 4 is 33.3 Å². The molecular weight excluding hydrogens is 391 g/mol. The number of rotatable bonds is 5. The van der Waals surface area contributed by atoms with Crippen LogP contribution in [0, 0.1) is 12.7 Å². The summed E-state index contributed by atoms with van der Waals surface area (Å²) in [5, 5.41) is 7.78. The minimum atomic E-state index is -0.298. The lowest BCUT2D eigenvalue weighted by Crippen LogP contribution is -2.22. The molecule has 4 rings (SSSR count). The van der Waals surface area contributed by atoms with Crippen LogP contribution in [0.5, 0.6) is 0 Å². The molecular formula is C21H17FN4O2S. The van der Waals surface area contributed by atoms with Crippen molar-refractivity contribution in [2.75, 3.05) is 5.32 Å². The van der Waals surface area contributed by atoms with Crippen LogP contribution in [0.15, 0.2) is 59.7 Å². The number of nitrogens with one attached hydrogen (secondary N) is 1. The van der Waals surface area contributed by atoms with E-state index in [-0.39, 0.29) is 23.7 Å². The SMILES string of the molecule is Cc1ccc(Cc2cnc(NC(=O)Cn3ncc(=O)c4ccccc43)s2)cc1F. The number of hydrogen-bond donors (Lipinski definition) is 1. The molecule has 4 aromatic rings. The van der Waals surface area contributed by atoms with Gasteiger partial charge < -0.3 is 5.32 Å². The van der Waals surface area contributed by atoms with Crippen LogP contribution in [0.2, 0.25) is 0 Å². The number of carbonyl (C=O) groups excluding carboxylic acids is 1. The number of thiazole rings is 1. The summed E-state index contributed by atoms with van der Waals surface area (Å²) in [5.74, 6) is -0.532. The van der Waals surface area contributed by atoms with Gasteiger partial charge in [-0.05, 0) is 36.2 Å². The molecule has 0 saturated heterocycles. The van der Waals surface area contributed by atoms with Crippen molar-refractivity contribution in [3.63, 3.8) is 0 Å². The number of aromatic nitrogens is 3. The van der Waals surface area contributed by atoms with Gasteiger partial charge in [-0.25, -0.2) is 9.37 Å². The van der Waals surface area contributed by atoms with E-state index in [1.807, 2.05) is 6.07 Å². The Kier molecular flexibility index (Phi) is 5.18. The van der Waals surface area contributed by atoms with Crippen molar-refractivity contribution in [2.24, 2.45) is 0 Å². The molecule has 0 fully saturated rings. The van der Waals surface area contributed by atoms with E-state index in [2.05, 4.69) is 15.4 Å². The largest absolute Gasteiger partial charge is 0.300 e. The lowest BCUT2D eigenvalue weighted by atomic mass is 10.1. The summed E-state index contributed by atoms with van der Waals surface area (Å²) >= 11 is 1.34. The summed E-state index contributed by atoms with van der Waals surface area (Å²) in [5.41, 5.74) is 1.86. The van der Waals surface area contributed by atoms with Crippen LogP contribution < -0.4 is 10.7 Å². The average Bonchev–Trinajstić information content (AvgIpc) is 3.14. The van der Waals surface area contributed by atoms with Gasteiger partial charge in [0.2, 0.25) is 11.3 Å². The first-order valence-corrected chi connectivity index (χ1v) is 9.76. The number of benzene rings is 2. The van der Waals surface area contributed by atoms with Gasteiger partial charge in [-0.1, -0.05) is 24.3 Å². The first-order chi connectivity index (χ1) is 14.0.